The van der Waals surface area contributed by atoms with Gasteiger partial charge >= 0.3 is 12.1 Å². The standard InChI is InChI=1S/C44H67N3O12/c1-11-34-44(8)38-27(4)35(45-18-19-47(38)42(53)59-44)25(2)22-43(7,54-10)39(28(5)36(50)29(6)40(52)57-34)58-41-37(51)33(21-26(3)56-41)46(9)23-30-14-16-32(17-15-30)55-20-12-13-31(49)24-48/h14-17,25-29,33-34,37-39,41,48,51H,11-13,18-24H2,1-10H3/t25-,26-,27+,28+,29-,33+,34-,37-,38-,39-,41+,43-,44-/m1/s1. The number of rotatable bonds is 13. The first-order chi connectivity index (χ1) is 27.9. The van der Waals surface area contributed by atoms with Crippen LogP contribution in [0.5, 0.6) is 5.75 Å². The first-order valence-electron chi connectivity index (χ1n) is 21.3. The molecular formula is C44H67N3O12. The van der Waals surface area contributed by atoms with Crippen molar-refractivity contribution < 1.29 is 57.8 Å². The molecule has 59 heavy (non-hydrogen) atoms. The molecule has 0 saturated carbocycles. The monoisotopic (exact) mass is 829 g/mol. The summed E-state index contributed by atoms with van der Waals surface area (Å²) in [6.07, 6.45) is -2.81. The molecule has 0 radical (unpaired) electrons. The predicted octanol–water partition coefficient (Wildman–Crippen LogP) is 4.37. The third-order valence-electron chi connectivity index (χ3n) is 13.1. The molecule has 4 aliphatic rings. The van der Waals surface area contributed by atoms with Gasteiger partial charge in [-0.05, 0) is 84.0 Å². The summed E-state index contributed by atoms with van der Waals surface area (Å²) >= 11 is 0. The van der Waals surface area contributed by atoms with E-state index in [4.69, 9.17) is 38.5 Å². The number of aliphatic hydroxyl groups is 2. The molecule has 0 unspecified atom stereocenters. The van der Waals surface area contributed by atoms with Gasteiger partial charge in [-0.3, -0.25) is 29.2 Å². The minimum Gasteiger partial charge on any atom is -0.494 e. The lowest BCUT2D eigenvalue weighted by atomic mass is 9.73. The van der Waals surface area contributed by atoms with Crippen molar-refractivity contribution in [2.24, 2.45) is 28.7 Å². The molecule has 4 aliphatic heterocycles. The number of hydrogen-bond donors (Lipinski definition) is 2. The smallest absolute Gasteiger partial charge is 0.410 e. The number of Topliss-reactive ketones (excluding diaryl/α,β-unsaturated/α-hetero) is 2. The van der Waals surface area contributed by atoms with Crippen molar-refractivity contribution in [3.63, 3.8) is 0 Å². The summed E-state index contributed by atoms with van der Waals surface area (Å²) in [6.45, 7) is 15.9. The zero-order valence-corrected chi connectivity index (χ0v) is 36.5. The Morgan fingerprint density at radius 2 is 1.76 bits per heavy atom. The van der Waals surface area contributed by atoms with E-state index in [9.17, 15) is 24.3 Å². The van der Waals surface area contributed by atoms with Crippen LogP contribution in [-0.2, 0) is 44.6 Å². The Kier molecular flexibility index (Phi) is 15.4. The molecule has 3 fully saturated rings. The van der Waals surface area contributed by atoms with Crippen LogP contribution in [0.15, 0.2) is 29.3 Å². The van der Waals surface area contributed by atoms with Gasteiger partial charge in [0.1, 0.15) is 30.5 Å². The number of carbonyl (C=O) groups is 4. The van der Waals surface area contributed by atoms with Gasteiger partial charge in [0.2, 0.25) is 0 Å². The summed E-state index contributed by atoms with van der Waals surface area (Å²) in [5.41, 5.74) is -0.466. The number of aliphatic imine (C=N–C) groups is 1. The first kappa shape index (κ1) is 46.6. The summed E-state index contributed by atoms with van der Waals surface area (Å²) in [7, 11) is 3.50. The van der Waals surface area contributed by atoms with Crippen molar-refractivity contribution in [2.45, 2.75) is 148 Å². The second-order valence-electron chi connectivity index (χ2n) is 17.5. The molecule has 5 rings (SSSR count). The van der Waals surface area contributed by atoms with Crippen LogP contribution in [0.4, 0.5) is 4.79 Å². The van der Waals surface area contributed by atoms with Gasteiger partial charge in [0, 0.05) is 50.2 Å². The topological polar surface area (TPSA) is 183 Å². The highest BCUT2D eigenvalue weighted by molar-refractivity contribution is 6.00. The maximum Gasteiger partial charge on any atom is 0.410 e. The fourth-order valence-corrected chi connectivity index (χ4v) is 9.86. The van der Waals surface area contributed by atoms with Crippen molar-refractivity contribution in [3.05, 3.63) is 29.8 Å². The van der Waals surface area contributed by atoms with E-state index in [1.54, 1.807) is 18.9 Å². The maximum atomic E-state index is 14.4. The molecule has 13 atom stereocenters. The molecular weight excluding hydrogens is 762 g/mol. The molecule has 3 saturated heterocycles. The van der Waals surface area contributed by atoms with Crippen LogP contribution in [0, 0.1) is 23.7 Å². The van der Waals surface area contributed by atoms with Gasteiger partial charge in [-0.25, -0.2) is 4.79 Å². The quantitative estimate of drug-likeness (QED) is 0.163. The Balaban J connectivity index is 1.40. The van der Waals surface area contributed by atoms with Gasteiger partial charge < -0.3 is 38.6 Å². The number of methoxy groups -OCH3 is 1. The van der Waals surface area contributed by atoms with Crippen LogP contribution in [-0.4, -0.2) is 144 Å². The number of amides is 1. The number of carbonyl (C=O) groups excluding carboxylic acids is 4. The number of benzene rings is 1. The van der Waals surface area contributed by atoms with Gasteiger partial charge in [0.05, 0.1) is 37.0 Å². The molecule has 1 aromatic carbocycles. The molecule has 0 spiro atoms. The highest BCUT2D eigenvalue weighted by Crippen LogP contribution is 2.44. The molecule has 0 aliphatic carbocycles. The average molecular weight is 830 g/mol. The molecule has 2 bridgehead atoms. The number of nitrogens with zero attached hydrogens (tertiary/aromatic N) is 3. The molecule has 4 heterocycles. The van der Waals surface area contributed by atoms with E-state index in [1.807, 2.05) is 65.9 Å². The van der Waals surface area contributed by atoms with Gasteiger partial charge in [-0.1, -0.05) is 39.8 Å². The second-order valence-corrected chi connectivity index (χ2v) is 17.5. The Hall–Kier alpha value is -3.47. The largest absolute Gasteiger partial charge is 0.494 e. The molecule has 1 aromatic rings. The van der Waals surface area contributed by atoms with Crippen LogP contribution in [0.1, 0.15) is 93.1 Å². The van der Waals surface area contributed by atoms with Crippen molar-refractivity contribution in [1.82, 2.24) is 9.80 Å². The zero-order chi connectivity index (χ0) is 43.4. The predicted molar refractivity (Wildman–Crippen MR) is 218 cm³/mol. The van der Waals surface area contributed by atoms with Crippen molar-refractivity contribution in [2.75, 3.05) is 40.5 Å². The van der Waals surface area contributed by atoms with Gasteiger partial charge in [-0.15, -0.1) is 0 Å². The van der Waals surface area contributed by atoms with Crippen LogP contribution in [0.25, 0.3) is 0 Å². The number of ketones is 2. The minimum atomic E-state index is -1.19. The summed E-state index contributed by atoms with van der Waals surface area (Å²) in [4.78, 5) is 61.8. The van der Waals surface area contributed by atoms with Crippen LogP contribution in [0.2, 0.25) is 0 Å². The minimum absolute atomic E-state index is 0.200. The maximum absolute atomic E-state index is 14.4. The lowest BCUT2D eigenvalue weighted by molar-refractivity contribution is -0.296. The summed E-state index contributed by atoms with van der Waals surface area (Å²) in [5, 5.41) is 20.9. The first-order valence-corrected chi connectivity index (χ1v) is 21.3. The van der Waals surface area contributed by atoms with E-state index >= 15 is 0 Å². The van der Waals surface area contributed by atoms with E-state index in [2.05, 4.69) is 11.8 Å². The highest BCUT2D eigenvalue weighted by atomic mass is 16.7. The number of esters is 1. The van der Waals surface area contributed by atoms with Crippen molar-refractivity contribution in [3.8, 4) is 5.75 Å². The number of ether oxygens (including phenoxy) is 6. The van der Waals surface area contributed by atoms with Crippen molar-refractivity contribution in [1.29, 1.82) is 0 Å². The number of cyclic esters (lactones) is 1. The lowest BCUT2D eigenvalue weighted by Crippen LogP contribution is -2.60. The van der Waals surface area contributed by atoms with Crippen LogP contribution >= 0.6 is 0 Å². The number of aliphatic hydroxyl groups excluding tert-OH is 2. The van der Waals surface area contributed by atoms with E-state index in [-0.39, 0.29) is 36.2 Å². The van der Waals surface area contributed by atoms with Crippen LogP contribution < -0.4 is 4.74 Å². The number of hydrogen-bond acceptors (Lipinski definition) is 14. The fourth-order valence-electron chi connectivity index (χ4n) is 9.86. The SMILES string of the molecule is CC[C@H]1OC(=O)[C@H](C)C(=O)[C@H](C)[C@@H](O[C@@H]2O[C@H](C)C[C@H](N(C)Cc3ccc(OCCCC(=O)CO)cc3)[C@H]2O)[C@](C)(OC)C[C@@H](C)C2=NCCN3C(=O)O[C@@]1(C)[C@H]3[C@H]2C. The van der Waals surface area contributed by atoms with E-state index < -0.39 is 78.1 Å². The summed E-state index contributed by atoms with van der Waals surface area (Å²) in [5.74, 6) is -3.25. The van der Waals surface area contributed by atoms with Crippen molar-refractivity contribution >= 4 is 29.3 Å². The van der Waals surface area contributed by atoms with Gasteiger partial charge in [0.15, 0.2) is 23.5 Å². The Morgan fingerprint density at radius 3 is 2.41 bits per heavy atom. The van der Waals surface area contributed by atoms with Crippen LogP contribution in [0.3, 0.4) is 0 Å². The van der Waals surface area contributed by atoms with E-state index in [0.717, 1.165) is 11.3 Å². The normalized spacial score (nSPS) is 37.0. The average Bonchev–Trinajstić information content (AvgIpc) is 3.33. The third-order valence-corrected chi connectivity index (χ3v) is 13.1. The van der Waals surface area contributed by atoms with E-state index in [0.29, 0.717) is 57.7 Å². The summed E-state index contributed by atoms with van der Waals surface area (Å²) < 4.78 is 37.4. The number of likely N-dealkylation sites (N-methyl/N-ethyl adjacent to an activating group) is 1. The molecule has 1 amide bonds. The zero-order valence-electron chi connectivity index (χ0n) is 36.5. The fraction of sp³-hybridized carbons (Fsp3) is 0.750. The molecule has 0 aromatic heterocycles. The molecule has 15 nitrogen and oxygen atoms in total. The Bertz CT molecular complexity index is 1670. The third kappa shape index (κ3) is 10.0. The highest BCUT2D eigenvalue weighted by Gasteiger charge is 2.60. The Morgan fingerprint density at radius 1 is 1.07 bits per heavy atom. The summed E-state index contributed by atoms with van der Waals surface area (Å²) in [6, 6.07) is 6.77. The lowest BCUT2D eigenvalue weighted by Gasteiger charge is -2.47. The van der Waals surface area contributed by atoms with Gasteiger partial charge in [-0.2, -0.15) is 0 Å². The van der Waals surface area contributed by atoms with E-state index in [1.165, 1.54) is 6.92 Å². The molecule has 330 valence electrons. The van der Waals surface area contributed by atoms with Gasteiger partial charge in [0.25, 0.3) is 0 Å². The molecule has 15 heteroatoms. The second kappa shape index (κ2) is 19.5. The number of fused-ring (bicyclic) bond motifs is 1. The Labute approximate surface area is 349 Å². The molecule has 2 N–H and O–H groups in total.